The van der Waals surface area contributed by atoms with Crippen LogP contribution >= 0.6 is 0 Å². The molecule has 24 heavy (non-hydrogen) atoms. The van der Waals surface area contributed by atoms with Gasteiger partial charge in [0.2, 0.25) is 0 Å². The van der Waals surface area contributed by atoms with E-state index in [-0.39, 0.29) is 10.6 Å². The molecule has 2 aromatic rings. The van der Waals surface area contributed by atoms with Crippen LogP contribution in [-0.4, -0.2) is 29.7 Å². The van der Waals surface area contributed by atoms with Gasteiger partial charge in [-0.2, -0.15) is 0 Å². The van der Waals surface area contributed by atoms with Crippen LogP contribution in [-0.2, 0) is 0 Å². The molecular formula is C17H22N4O3. The zero-order chi connectivity index (χ0) is 17.1. The Labute approximate surface area is 140 Å². The average Bonchev–Trinajstić information content (AvgIpc) is 2.92. The molecule has 0 atom stereocenters. The van der Waals surface area contributed by atoms with Crippen molar-refractivity contribution in [3.8, 4) is 11.1 Å². The summed E-state index contributed by atoms with van der Waals surface area (Å²) in [5.41, 5.74) is 2.96. The van der Waals surface area contributed by atoms with Gasteiger partial charge in [0.25, 0.3) is 5.69 Å². The van der Waals surface area contributed by atoms with Gasteiger partial charge in [-0.05, 0) is 57.3 Å². The van der Waals surface area contributed by atoms with E-state index in [4.69, 9.17) is 4.52 Å². The number of aryl methyl sites for hydroxylation is 2. The summed E-state index contributed by atoms with van der Waals surface area (Å²) in [6, 6.07) is 5.25. The first-order chi connectivity index (χ1) is 11.6. The molecule has 7 heteroatoms. The number of nitrogens with zero attached hydrogens (tertiary/aromatic N) is 2. The number of rotatable bonds is 5. The Bertz CT molecular complexity index is 716. The minimum absolute atomic E-state index is 0.0847. The predicted octanol–water partition coefficient (Wildman–Crippen LogP) is 3.28. The second-order valence-corrected chi connectivity index (χ2v) is 6.26. The molecule has 0 aliphatic carbocycles. The number of nitro benzene ring substituents is 1. The summed E-state index contributed by atoms with van der Waals surface area (Å²) in [7, 11) is 0. The first-order valence-electron chi connectivity index (χ1n) is 8.22. The molecule has 3 rings (SSSR count). The summed E-state index contributed by atoms with van der Waals surface area (Å²) in [4.78, 5) is 11.1. The van der Waals surface area contributed by atoms with E-state index in [1.165, 1.54) is 0 Å². The Morgan fingerprint density at radius 3 is 2.75 bits per heavy atom. The van der Waals surface area contributed by atoms with E-state index >= 15 is 0 Å². The van der Waals surface area contributed by atoms with Gasteiger partial charge in [-0.25, -0.2) is 0 Å². The van der Waals surface area contributed by atoms with Gasteiger partial charge in [0.15, 0.2) is 0 Å². The predicted molar refractivity (Wildman–Crippen MR) is 92.2 cm³/mol. The van der Waals surface area contributed by atoms with E-state index in [0.717, 1.165) is 49.3 Å². The van der Waals surface area contributed by atoms with Gasteiger partial charge < -0.3 is 15.2 Å². The number of piperidine rings is 1. The van der Waals surface area contributed by atoms with Crippen LogP contribution < -0.4 is 10.6 Å². The number of anilines is 1. The summed E-state index contributed by atoms with van der Waals surface area (Å²) in [5, 5.41) is 22.0. The van der Waals surface area contributed by atoms with Gasteiger partial charge in [-0.15, -0.1) is 0 Å². The maximum absolute atomic E-state index is 11.5. The quantitative estimate of drug-likeness (QED) is 0.645. The molecule has 1 aromatic heterocycles. The van der Waals surface area contributed by atoms with Crippen LogP contribution in [0.5, 0.6) is 0 Å². The number of nitrogens with one attached hydrogen (secondary N) is 2. The summed E-state index contributed by atoms with van der Waals surface area (Å²) in [5.74, 6) is 1.21. The Morgan fingerprint density at radius 2 is 2.12 bits per heavy atom. The summed E-state index contributed by atoms with van der Waals surface area (Å²) < 4.78 is 5.17. The van der Waals surface area contributed by atoms with Gasteiger partial charge in [0.1, 0.15) is 11.4 Å². The van der Waals surface area contributed by atoms with E-state index in [1.54, 1.807) is 12.1 Å². The first kappa shape index (κ1) is 16.4. The number of benzene rings is 1. The minimum atomic E-state index is -0.341. The van der Waals surface area contributed by atoms with Crippen LogP contribution in [0.1, 0.15) is 24.3 Å². The van der Waals surface area contributed by atoms with Crippen molar-refractivity contribution in [2.24, 2.45) is 5.92 Å². The lowest BCUT2D eigenvalue weighted by Gasteiger charge is -2.23. The number of aromatic nitrogens is 1. The molecule has 0 saturated carbocycles. The van der Waals surface area contributed by atoms with E-state index in [9.17, 15) is 10.1 Å². The molecule has 1 fully saturated rings. The molecule has 1 aromatic carbocycles. The molecular weight excluding hydrogens is 308 g/mol. The normalized spacial score (nSPS) is 15.4. The lowest BCUT2D eigenvalue weighted by molar-refractivity contribution is -0.383. The number of hydrogen-bond donors (Lipinski definition) is 2. The monoisotopic (exact) mass is 330 g/mol. The van der Waals surface area contributed by atoms with Gasteiger partial charge in [-0.1, -0.05) is 11.2 Å². The molecule has 0 bridgehead atoms. The van der Waals surface area contributed by atoms with Gasteiger partial charge in [-0.3, -0.25) is 10.1 Å². The minimum Gasteiger partial charge on any atom is -0.379 e. The number of hydrogen-bond acceptors (Lipinski definition) is 6. The Morgan fingerprint density at radius 1 is 1.38 bits per heavy atom. The number of nitro groups is 1. The zero-order valence-electron chi connectivity index (χ0n) is 14.0. The van der Waals surface area contributed by atoms with Crippen LogP contribution in [0, 0.1) is 29.9 Å². The first-order valence-corrected chi connectivity index (χ1v) is 8.22. The highest BCUT2D eigenvalue weighted by molar-refractivity contribution is 5.75. The molecule has 1 saturated heterocycles. The molecule has 128 valence electrons. The fourth-order valence-corrected chi connectivity index (χ4v) is 3.22. The van der Waals surface area contributed by atoms with Crippen LogP contribution in [0.25, 0.3) is 11.1 Å². The second-order valence-electron chi connectivity index (χ2n) is 6.26. The summed E-state index contributed by atoms with van der Waals surface area (Å²) in [6.45, 7) is 6.43. The van der Waals surface area contributed by atoms with Gasteiger partial charge in [0.05, 0.1) is 10.6 Å². The van der Waals surface area contributed by atoms with Crippen LogP contribution in [0.2, 0.25) is 0 Å². The smallest absolute Gasteiger partial charge is 0.292 e. The average molecular weight is 330 g/mol. The van der Waals surface area contributed by atoms with Crippen molar-refractivity contribution in [3.05, 3.63) is 39.8 Å². The molecule has 2 heterocycles. The topological polar surface area (TPSA) is 93.2 Å². The summed E-state index contributed by atoms with van der Waals surface area (Å²) in [6.07, 6.45) is 2.19. The lowest BCUT2D eigenvalue weighted by Crippen LogP contribution is -2.31. The maximum atomic E-state index is 11.5. The van der Waals surface area contributed by atoms with Crippen molar-refractivity contribution in [2.45, 2.75) is 26.7 Å². The van der Waals surface area contributed by atoms with E-state index in [0.29, 0.717) is 17.4 Å². The summed E-state index contributed by atoms with van der Waals surface area (Å²) >= 11 is 0. The van der Waals surface area contributed by atoms with E-state index in [1.807, 2.05) is 19.9 Å². The van der Waals surface area contributed by atoms with Crippen molar-refractivity contribution >= 4 is 11.4 Å². The molecule has 1 aliphatic rings. The van der Waals surface area contributed by atoms with Crippen LogP contribution in [0.3, 0.4) is 0 Å². The SMILES string of the molecule is Cc1noc(C)c1-c1ccc(NCC2CCNCC2)c([N+](=O)[O-])c1. The zero-order valence-corrected chi connectivity index (χ0v) is 14.0. The van der Waals surface area contributed by atoms with Gasteiger partial charge in [0, 0.05) is 18.2 Å². The van der Waals surface area contributed by atoms with Crippen molar-refractivity contribution in [1.82, 2.24) is 10.5 Å². The third-order valence-electron chi connectivity index (χ3n) is 4.56. The fraction of sp³-hybridized carbons (Fsp3) is 0.471. The highest BCUT2D eigenvalue weighted by Gasteiger charge is 2.20. The highest BCUT2D eigenvalue weighted by atomic mass is 16.6. The van der Waals surface area contributed by atoms with E-state index in [2.05, 4.69) is 15.8 Å². The molecule has 0 spiro atoms. The third kappa shape index (κ3) is 3.41. The molecule has 2 N–H and O–H groups in total. The largest absolute Gasteiger partial charge is 0.379 e. The van der Waals surface area contributed by atoms with Crippen LogP contribution in [0.4, 0.5) is 11.4 Å². The van der Waals surface area contributed by atoms with Crippen molar-refractivity contribution in [2.75, 3.05) is 25.0 Å². The second kappa shape index (κ2) is 7.00. The molecule has 0 amide bonds. The van der Waals surface area contributed by atoms with Crippen molar-refractivity contribution in [1.29, 1.82) is 0 Å². The molecule has 7 nitrogen and oxygen atoms in total. The molecule has 1 aliphatic heterocycles. The van der Waals surface area contributed by atoms with Gasteiger partial charge >= 0.3 is 0 Å². The maximum Gasteiger partial charge on any atom is 0.292 e. The van der Waals surface area contributed by atoms with Crippen molar-refractivity contribution < 1.29 is 9.45 Å². The van der Waals surface area contributed by atoms with Crippen molar-refractivity contribution in [3.63, 3.8) is 0 Å². The van der Waals surface area contributed by atoms with Crippen LogP contribution in [0.15, 0.2) is 22.7 Å². The fourth-order valence-electron chi connectivity index (χ4n) is 3.22. The highest BCUT2D eigenvalue weighted by Crippen LogP contribution is 2.34. The lowest BCUT2D eigenvalue weighted by atomic mass is 9.98. The third-order valence-corrected chi connectivity index (χ3v) is 4.56. The Kier molecular flexibility index (Phi) is 4.80. The standard InChI is InChI=1S/C17H22N4O3/c1-11-17(12(2)24-20-11)14-3-4-15(16(9-14)21(22)23)19-10-13-5-7-18-8-6-13/h3-4,9,13,18-19H,5-8,10H2,1-2H3. The Hall–Kier alpha value is -2.41. The molecule has 0 unspecified atom stereocenters. The molecule has 0 radical (unpaired) electrons. The Balaban J connectivity index is 1.83. The van der Waals surface area contributed by atoms with E-state index < -0.39 is 0 Å².